The molecule has 0 amide bonds. The van der Waals surface area contributed by atoms with Crippen molar-refractivity contribution < 1.29 is 24.5 Å². The minimum Gasteiger partial charge on any atom is -0.557 e. The molecular formula is C49H34IrN4O-2. The van der Waals surface area contributed by atoms with E-state index in [2.05, 4.69) is 136 Å². The van der Waals surface area contributed by atoms with E-state index < -0.39 is 0 Å². The number of fused-ring (bicyclic) bond motifs is 2. The van der Waals surface area contributed by atoms with Crippen LogP contribution in [0.3, 0.4) is 0 Å². The van der Waals surface area contributed by atoms with Crippen molar-refractivity contribution in [2.45, 2.75) is 6.92 Å². The Morgan fingerprint density at radius 3 is 1.98 bits per heavy atom. The van der Waals surface area contributed by atoms with Crippen molar-refractivity contribution in [1.29, 1.82) is 0 Å². The summed E-state index contributed by atoms with van der Waals surface area (Å²) >= 11 is 0. The summed E-state index contributed by atoms with van der Waals surface area (Å²) in [5.74, 6) is 0.790. The van der Waals surface area contributed by atoms with Crippen LogP contribution in [0.15, 0.2) is 193 Å². The third kappa shape index (κ3) is 7.09. The first-order valence-corrected chi connectivity index (χ1v) is 17.9. The van der Waals surface area contributed by atoms with Gasteiger partial charge in [-0.15, -0.1) is 35.9 Å². The van der Waals surface area contributed by atoms with Gasteiger partial charge in [0.1, 0.15) is 0 Å². The number of pyridine rings is 1. The molecule has 55 heavy (non-hydrogen) atoms. The van der Waals surface area contributed by atoms with E-state index in [-0.39, 0.29) is 20.1 Å². The first kappa shape index (κ1) is 35.4. The van der Waals surface area contributed by atoms with Gasteiger partial charge in [-0.05, 0) is 77.8 Å². The molecule has 0 spiro atoms. The number of imidazole rings is 1. The van der Waals surface area contributed by atoms with Gasteiger partial charge in [-0.2, -0.15) is 0 Å². The van der Waals surface area contributed by atoms with Gasteiger partial charge in [0.05, 0.1) is 22.5 Å². The first-order chi connectivity index (χ1) is 26.7. The predicted octanol–water partition coefficient (Wildman–Crippen LogP) is 12.2. The molecule has 10 rings (SSSR count). The number of aromatic nitrogens is 4. The van der Waals surface area contributed by atoms with E-state index in [9.17, 15) is 0 Å². The molecule has 5 nitrogen and oxygen atoms in total. The van der Waals surface area contributed by atoms with Crippen molar-refractivity contribution in [2.75, 3.05) is 0 Å². The Balaban J connectivity index is 0.000000280. The average molecular weight is 887 g/mol. The number of rotatable bonds is 6. The summed E-state index contributed by atoms with van der Waals surface area (Å²) in [7, 11) is 0. The van der Waals surface area contributed by atoms with Crippen LogP contribution in [0.4, 0.5) is 0 Å². The van der Waals surface area contributed by atoms with Gasteiger partial charge in [0.25, 0.3) is 0 Å². The van der Waals surface area contributed by atoms with Gasteiger partial charge in [-0.25, -0.2) is 0 Å². The Morgan fingerprint density at radius 1 is 0.636 bits per heavy atom. The summed E-state index contributed by atoms with van der Waals surface area (Å²) < 4.78 is 10.4. The molecule has 267 valence electrons. The van der Waals surface area contributed by atoms with Gasteiger partial charge in [-0.1, -0.05) is 108 Å². The Hall–Kier alpha value is -6.59. The molecule has 0 unspecified atom stereocenters. The summed E-state index contributed by atoms with van der Waals surface area (Å²) in [6.07, 6.45) is 9.12. The van der Waals surface area contributed by atoms with Crippen LogP contribution < -0.4 is 0 Å². The van der Waals surface area contributed by atoms with E-state index >= 15 is 0 Å². The van der Waals surface area contributed by atoms with E-state index in [1.165, 1.54) is 5.56 Å². The van der Waals surface area contributed by atoms with E-state index in [0.29, 0.717) is 0 Å². The zero-order chi connectivity index (χ0) is 36.3. The van der Waals surface area contributed by atoms with Crippen molar-refractivity contribution >= 4 is 22.0 Å². The first-order valence-electron chi connectivity index (χ1n) is 17.9. The van der Waals surface area contributed by atoms with E-state index in [4.69, 9.17) is 9.40 Å². The summed E-state index contributed by atoms with van der Waals surface area (Å²) in [6.45, 7) is 2.16. The molecule has 0 bridgehead atoms. The van der Waals surface area contributed by atoms with Crippen LogP contribution in [0, 0.1) is 19.3 Å². The second kappa shape index (κ2) is 15.8. The maximum atomic E-state index is 6.02. The van der Waals surface area contributed by atoms with Gasteiger partial charge in [0.15, 0.2) is 0 Å². The number of aryl methyl sites for hydroxylation is 1. The van der Waals surface area contributed by atoms with Crippen molar-refractivity contribution in [3.8, 4) is 56.3 Å². The molecule has 4 heterocycles. The molecule has 0 N–H and O–H groups in total. The van der Waals surface area contributed by atoms with Gasteiger partial charge in [-0.3, -0.25) is 4.98 Å². The fourth-order valence-corrected chi connectivity index (χ4v) is 6.99. The molecule has 0 fully saturated rings. The van der Waals surface area contributed by atoms with Crippen LogP contribution in [-0.4, -0.2) is 19.1 Å². The molecular weight excluding hydrogens is 853 g/mol. The van der Waals surface area contributed by atoms with Gasteiger partial charge in [0.2, 0.25) is 0 Å². The normalized spacial score (nSPS) is 10.9. The summed E-state index contributed by atoms with van der Waals surface area (Å²) in [6, 6.07) is 61.2. The smallest absolute Gasteiger partial charge is 0.0774 e. The Kier molecular flexibility index (Phi) is 10.2. The summed E-state index contributed by atoms with van der Waals surface area (Å²) in [4.78, 5) is 9.45. The van der Waals surface area contributed by atoms with Crippen LogP contribution in [0.5, 0.6) is 0 Å². The molecule has 0 aliphatic heterocycles. The van der Waals surface area contributed by atoms with Crippen molar-refractivity contribution in [3.05, 3.63) is 206 Å². The molecule has 0 saturated carbocycles. The number of benzene rings is 6. The largest absolute Gasteiger partial charge is 0.557 e. The third-order valence-electron chi connectivity index (χ3n) is 9.48. The van der Waals surface area contributed by atoms with Gasteiger partial charge < -0.3 is 18.5 Å². The van der Waals surface area contributed by atoms with Crippen molar-refractivity contribution in [2.24, 2.45) is 0 Å². The summed E-state index contributed by atoms with van der Waals surface area (Å²) in [5, 5.41) is 0.965. The summed E-state index contributed by atoms with van der Waals surface area (Å²) in [5.41, 5.74) is 13.4. The van der Waals surface area contributed by atoms with E-state index in [1.807, 2.05) is 79.1 Å². The van der Waals surface area contributed by atoms with E-state index in [0.717, 1.165) is 78.3 Å². The molecule has 0 saturated heterocycles. The maximum absolute atomic E-state index is 6.02. The van der Waals surface area contributed by atoms with Crippen LogP contribution in [0.25, 0.3) is 78.3 Å². The number of nitrogens with zero attached hydrogens (tertiary/aromatic N) is 4. The molecule has 1 radical (unpaired) electrons. The molecule has 0 atom stereocenters. The monoisotopic (exact) mass is 887 g/mol. The Bertz CT molecular complexity index is 2710. The molecule has 0 aliphatic carbocycles. The Labute approximate surface area is 333 Å². The van der Waals surface area contributed by atoms with E-state index in [1.54, 1.807) is 6.20 Å². The second-order valence-corrected chi connectivity index (χ2v) is 13.0. The molecule has 4 aromatic heterocycles. The maximum Gasteiger partial charge on any atom is 0.0774 e. The fourth-order valence-electron chi connectivity index (χ4n) is 6.99. The van der Waals surface area contributed by atoms with Crippen molar-refractivity contribution in [3.63, 3.8) is 0 Å². The molecule has 10 aromatic rings. The van der Waals surface area contributed by atoms with Crippen LogP contribution in [-0.2, 0) is 20.1 Å². The molecule has 6 aromatic carbocycles. The van der Waals surface area contributed by atoms with Crippen LogP contribution >= 0.6 is 0 Å². The predicted molar refractivity (Wildman–Crippen MR) is 219 cm³/mol. The Morgan fingerprint density at radius 2 is 1.31 bits per heavy atom. The number of furan rings is 1. The zero-order valence-corrected chi connectivity index (χ0v) is 32.3. The van der Waals surface area contributed by atoms with Gasteiger partial charge >= 0.3 is 0 Å². The van der Waals surface area contributed by atoms with Crippen LogP contribution in [0.1, 0.15) is 5.56 Å². The number of hydrogen-bond acceptors (Lipinski definition) is 3. The molecule has 0 aliphatic rings. The van der Waals surface area contributed by atoms with Crippen molar-refractivity contribution in [1.82, 2.24) is 19.1 Å². The zero-order valence-electron chi connectivity index (χ0n) is 29.9. The average Bonchev–Trinajstić information content (AvgIpc) is 4.02. The fraction of sp³-hybridized carbons (Fsp3) is 0.0204. The molecule has 6 heteroatoms. The minimum atomic E-state index is 0. The minimum absolute atomic E-state index is 0. The number of hydrogen-bond donors (Lipinski definition) is 0. The topological polar surface area (TPSA) is 48.8 Å². The standard InChI is InChI=1S/C38H26N3O.C11H8N.Ir/c1-26-22-30(27-12-4-2-5-13-27)37(31(23-26)28-14-6-3-7-15-28)41-35-17-9-8-16-34(35)39-38(41)33-25-42-36-19-18-29(24-32(33)36)40-20-10-11-21-40;1-2-6-10(7-3-1)11-8-4-5-9-12-11;/h2-24H,1H3;1-6,8-9H;/q2*-1;. The van der Waals surface area contributed by atoms with Gasteiger partial charge in [0, 0.05) is 67.4 Å². The van der Waals surface area contributed by atoms with Crippen LogP contribution in [0.2, 0.25) is 0 Å². The third-order valence-corrected chi connectivity index (χ3v) is 9.48. The second-order valence-electron chi connectivity index (χ2n) is 13.0. The quantitative estimate of drug-likeness (QED) is 0.156. The number of para-hydroxylation sites is 2. The SMILES string of the molecule is Cc1cc(-c2ccccc2)c(-n2c(-c3[c-]oc4ccc(-n5cccc5)cc34)nc3ccccc32)c(-c2ccccc2)c1.[Ir].[c-]1ccccc1-c1ccccn1.